The van der Waals surface area contributed by atoms with Crippen molar-refractivity contribution in [2.75, 3.05) is 6.61 Å². The van der Waals surface area contributed by atoms with Gasteiger partial charge in [-0.15, -0.1) is 0 Å². The Morgan fingerprint density at radius 1 is 0.750 bits per heavy atom. The Morgan fingerprint density at radius 2 is 1.36 bits per heavy atom. The standard InChI is InChI=1S/C24H22O4/c1-2-23(25)19-8-14-22(15-9-19)28-24(26)20-10-12-21(13-11-20)27-17-16-18-6-4-3-5-7-18/h3-15H,2,16-17H2,1H3. The van der Waals surface area contributed by atoms with Gasteiger partial charge in [-0.2, -0.15) is 0 Å². The van der Waals surface area contributed by atoms with Gasteiger partial charge in [0.2, 0.25) is 0 Å². The molecule has 0 saturated heterocycles. The molecule has 0 unspecified atom stereocenters. The monoisotopic (exact) mass is 374 g/mol. The summed E-state index contributed by atoms with van der Waals surface area (Å²) in [6.07, 6.45) is 1.26. The number of hydrogen-bond donors (Lipinski definition) is 0. The zero-order valence-corrected chi connectivity index (χ0v) is 15.8. The van der Waals surface area contributed by atoms with Crippen molar-refractivity contribution in [3.63, 3.8) is 0 Å². The van der Waals surface area contributed by atoms with Gasteiger partial charge in [0.1, 0.15) is 11.5 Å². The molecule has 4 heteroatoms. The minimum atomic E-state index is -0.453. The van der Waals surface area contributed by atoms with E-state index in [0.29, 0.717) is 35.7 Å². The molecule has 0 radical (unpaired) electrons. The highest BCUT2D eigenvalue weighted by Crippen LogP contribution is 2.17. The molecular weight excluding hydrogens is 352 g/mol. The van der Waals surface area contributed by atoms with Crippen LogP contribution in [-0.4, -0.2) is 18.4 Å². The predicted octanol–water partition coefficient (Wildman–Crippen LogP) is 5.12. The molecule has 3 aromatic rings. The summed E-state index contributed by atoms with van der Waals surface area (Å²) >= 11 is 0. The minimum Gasteiger partial charge on any atom is -0.493 e. The summed E-state index contributed by atoms with van der Waals surface area (Å²) in [7, 11) is 0. The van der Waals surface area contributed by atoms with Crippen molar-refractivity contribution in [1.29, 1.82) is 0 Å². The van der Waals surface area contributed by atoms with Crippen LogP contribution in [-0.2, 0) is 6.42 Å². The van der Waals surface area contributed by atoms with Crippen LogP contribution in [0.25, 0.3) is 0 Å². The first-order valence-corrected chi connectivity index (χ1v) is 9.28. The van der Waals surface area contributed by atoms with E-state index < -0.39 is 5.97 Å². The maximum absolute atomic E-state index is 12.3. The molecule has 0 heterocycles. The molecule has 4 nitrogen and oxygen atoms in total. The van der Waals surface area contributed by atoms with E-state index in [2.05, 4.69) is 12.1 Å². The molecule has 0 aliphatic rings. The summed E-state index contributed by atoms with van der Waals surface area (Å²) in [5, 5.41) is 0. The van der Waals surface area contributed by atoms with Gasteiger partial charge in [-0.05, 0) is 54.1 Å². The number of hydrogen-bond acceptors (Lipinski definition) is 4. The number of benzene rings is 3. The molecular formula is C24H22O4. The minimum absolute atomic E-state index is 0.0562. The van der Waals surface area contributed by atoms with E-state index in [9.17, 15) is 9.59 Å². The SMILES string of the molecule is CCC(=O)c1ccc(OC(=O)c2ccc(OCCc3ccccc3)cc2)cc1. The highest BCUT2D eigenvalue weighted by molar-refractivity contribution is 5.96. The predicted molar refractivity (Wildman–Crippen MR) is 108 cm³/mol. The van der Waals surface area contributed by atoms with Gasteiger partial charge in [0.25, 0.3) is 0 Å². The van der Waals surface area contributed by atoms with Crippen LogP contribution < -0.4 is 9.47 Å². The molecule has 0 fully saturated rings. The lowest BCUT2D eigenvalue weighted by molar-refractivity contribution is 0.0734. The molecule has 0 N–H and O–H groups in total. The number of ketones is 1. The molecule has 0 atom stereocenters. The maximum Gasteiger partial charge on any atom is 0.343 e. The van der Waals surface area contributed by atoms with Gasteiger partial charge in [0, 0.05) is 18.4 Å². The summed E-state index contributed by atoms with van der Waals surface area (Å²) in [5.74, 6) is 0.710. The third-order valence-electron chi connectivity index (χ3n) is 4.30. The maximum atomic E-state index is 12.3. The average Bonchev–Trinajstić information content (AvgIpc) is 2.75. The fourth-order valence-electron chi connectivity index (χ4n) is 2.70. The van der Waals surface area contributed by atoms with Crippen molar-refractivity contribution in [2.45, 2.75) is 19.8 Å². The number of carbonyl (C=O) groups is 2. The number of Topliss-reactive ketones (excluding diaryl/α,β-unsaturated/α-hetero) is 1. The Labute approximate surface area is 164 Å². The summed E-state index contributed by atoms with van der Waals surface area (Å²) in [5.41, 5.74) is 2.26. The van der Waals surface area contributed by atoms with Crippen LogP contribution in [0, 0.1) is 0 Å². The zero-order chi connectivity index (χ0) is 19.8. The van der Waals surface area contributed by atoms with Crippen LogP contribution in [0.5, 0.6) is 11.5 Å². The number of ether oxygens (including phenoxy) is 2. The lowest BCUT2D eigenvalue weighted by Crippen LogP contribution is -2.09. The third-order valence-corrected chi connectivity index (χ3v) is 4.30. The van der Waals surface area contributed by atoms with Gasteiger partial charge in [0.15, 0.2) is 5.78 Å². The van der Waals surface area contributed by atoms with Crippen LogP contribution >= 0.6 is 0 Å². The van der Waals surface area contributed by atoms with E-state index in [1.54, 1.807) is 48.5 Å². The quantitative estimate of drug-likeness (QED) is 0.312. The van der Waals surface area contributed by atoms with Gasteiger partial charge < -0.3 is 9.47 Å². The Bertz CT molecular complexity index is 913. The fraction of sp³-hybridized carbons (Fsp3) is 0.167. The molecule has 28 heavy (non-hydrogen) atoms. The molecule has 142 valence electrons. The topological polar surface area (TPSA) is 52.6 Å². The van der Waals surface area contributed by atoms with E-state index in [0.717, 1.165) is 6.42 Å². The first kappa shape index (κ1) is 19.4. The normalized spacial score (nSPS) is 10.3. The zero-order valence-electron chi connectivity index (χ0n) is 15.8. The van der Waals surface area contributed by atoms with E-state index in [1.165, 1.54) is 5.56 Å². The van der Waals surface area contributed by atoms with Gasteiger partial charge in [-0.3, -0.25) is 4.79 Å². The molecule has 3 aromatic carbocycles. The number of carbonyl (C=O) groups excluding carboxylic acids is 2. The molecule has 0 saturated carbocycles. The van der Waals surface area contributed by atoms with Gasteiger partial charge in [-0.1, -0.05) is 37.3 Å². The third kappa shape index (κ3) is 5.30. The molecule has 0 aromatic heterocycles. The van der Waals surface area contributed by atoms with Crippen LogP contribution in [0.2, 0.25) is 0 Å². The van der Waals surface area contributed by atoms with Gasteiger partial charge >= 0.3 is 5.97 Å². The molecule has 0 aliphatic carbocycles. The van der Waals surface area contributed by atoms with Crippen molar-refractivity contribution >= 4 is 11.8 Å². The highest BCUT2D eigenvalue weighted by Gasteiger charge is 2.10. The van der Waals surface area contributed by atoms with Gasteiger partial charge in [0.05, 0.1) is 12.2 Å². The van der Waals surface area contributed by atoms with E-state index in [1.807, 2.05) is 25.1 Å². The summed E-state index contributed by atoms with van der Waals surface area (Å²) in [6, 6.07) is 23.6. The average molecular weight is 374 g/mol. The van der Waals surface area contributed by atoms with Crippen molar-refractivity contribution in [3.05, 3.63) is 95.6 Å². The lowest BCUT2D eigenvalue weighted by atomic mass is 10.1. The Balaban J connectivity index is 1.52. The lowest BCUT2D eigenvalue weighted by Gasteiger charge is -2.08. The highest BCUT2D eigenvalue weighted by atomic mass is 16.5. The molecule has 3 rings (SSSR count). The van der Waals surface area contributed by atoms with E-state index in [-0.39, 0.29) is 5.78 Å². The molecule has 0 amide bonds. The van der Waals surface area contributed by atoms with E-state index in [4.69, 9.17) is 9.47 Å². The first-order valence-electron chi connectivity index (χ1n) is 9.28. The smallest absolute Gasteiger partial charge is 0.343 e. The van der Waals surface area contributed by atoms with Crippen molar-refractivity contribution in [3.8, 4) is 11.5 Å². The largest absolute Gasteiger partial charge is 0.493 e. The summed E-state index contributed by atoms with van der Waals surface area (Å²) < 4.78 is 11.1. The van der Waals surface area contributed by atoms with Crippen molar-refractivity contribution in [1.82, 2.24) is 0 Å². The second-order valence-electron chi connectivity index (χ2n) is 6.30. The molecule has 0 spiro atoms. The van der Waals surface area contributed by atoms with Crippen LogP contribution in [0.4, 0.5) is 0 Å². The first-order chi connectivity index (χ1) is 13.7. The van der Waals surface area contributed by atoms with Gasteiger partial charge in [-0.25, -0.2) is 4.79 Å². The van der Waals surface area contributed by atoms with E-state index >= 15 is 0 Å². The summed E-state index contributed by atoms with van der Waals surface area (Å²) in [6.45, 7) is 2.38. The Kier molecular flexibility index (Phi) is 6.58. The van der Waals surface area contributed by atoms with Crippen molar-refractivity contribution in [2.24, 2.45) is 0 Å². The Hall–Kier alpha value is -3.40. The number of rotatable bonds is 8. The second kappa shape index (κ2) is 9.51. The number of esters is 1. The molecule has 0 aliphatic heterocycles. The molecule has 0 bridgehead atoms. The van der Waals surface area contributed by atoms with Crippen LogP contribution in [0.3, 0.4) is 0 Å². The summed E-state index contributed by atoms with van der Waals surface area (Å²) in [4.78, 5) is 23.9. The van der Waals surface area contributed by atoms with Crippen LogP contribution in [0.1, 0.15) is 39.6 Å². The van der Waals surface area contributed by atoms with Crippen molar-refractivity contribution < 1.29 is 19.1 Å². The fourth-order valence-corrected chi connectivity index (χ4v) is 2.70. The van der Waals surface area contributed by atoms with Crippen LogP contribution in [0.15, 0.2) is 78.9 Å². The second-order valence-corrected chi connectivity index (χ2v) is 6.30. The Morgan fingerprint density at radius 3 is 2.00 bits per heavy atom.